The Morgan fingerprint density at radius 1 is 1.16 bits per heavy atom. The Morgan fingerprint density at radius 2 is 1.91 bits per heavy atom. The third-order valence-corrected chi connectivity index (χ3v) is 8.18. The number of likely N-dealkylation sites (N-methyl/N-ethyl adjacent to an activating group) is 1. The van der Waals surface area contributed by atoms with Crippen molar-refractivity contribution in [2.45, 2.75) is 56.5 Å². The van der Waals surface area contributed by atoms with Gasteiger partial charge in [-0.3, -0.25) is 9.59 Å². The number of benzene rings is 2. The lowest BCUT2D eigenvalue weighted by atomic mass is 9.88. The topological polar surface area (TPSA) is 86.8 Å². The molecule has 2 amide bonds. The summed E-state index contributed by atoms with van der Waals surface area (Å²) in [4.78, 5) is 26.4. The SMILES string of the molecule is CC(=O)N1c2ccc(S(=O)(=O)N(C)CC(=O)N[C@H]3CCCc4ccccc43)cc2C[C@H]1C. The molecule has 1 N–H and O–H groups in total. The molecule has 2 aromatic carbocycles. The van der Waals surface area contributed by atoms with E-state index in [1.807, 2.05) is 25.1 Å². The van der Waals surface area contributed by atoms with E-state index in [2.05, 4.69) is 11.4 Å². The van der Waals surface area contributed by atoms with Crippen molar-refractivity contribution in [3.05, 3.63) is 59.2 Å². The van der Waals surface area contributed by atoms with Crippen molar-refractivity contribution in [2.24, 2.45) is 0 Å². The first-order valence-corrected chi connectivity index (χ1v) is 12.4. The highest BCUT2D eigenvalue weighted by atomic mass is 32.2. The number of amides is 2. The summed E-state index contributed by atoms with van der Waals surface area (Å²) >= 11 is 0. The van der Waals surface area contributed by atoms with Crippen LogP contribution in [0.2, 0.25) is 0 Å². The molecular weight excluding hydrogens is 426 g/mol. The highest BCUT2D eigenvalue weighted by molar-refractivity contribution is 7.89. The smallest absolute Gasteiger partial charge is 0.243 e. The molecule has 1 aliphatic heterocycles. The Labute approximate surface area is 189 Å². The Kier molecular flexibility index (Phi) is 6.09. The van der Waals surface area contributed by atoms with Gasteiger partial charge in [-0.2, -0.15) is 4.31 Å². The third kappa shape index (κ3) is 4.17. The van der Waals surface area contributed by atoms with Crippen molar-refractivity contribution >= 4 is 27.5 Å². The van der Waals surface area contributed by atoms with Crippen LogP contribution in [0.25, 0.3) is 0 Å². The Balaban J connectivity index is 1.47. The molecule has 0 spiro atoms. The molecular formula is C24H29N3O4S. The normalized spacial score (nSPS) is 20.1. The minimum absolute atomic E-state index is 0.0117. The number of hydrogen-bond donors (Lipinski definition) is 1. The van der Waals surface area contributed by atoms with Gasteiger partial charge in [0.05, 0.1) is 17.5 Å². The standard InChI is InChI=1S/C24H29N3O4S/c1-16-13-19-14-20(11-12-23(19)27(16)17(2)28)32(30,31)26(3)15-24(29)25-22-10-6-8-18-7-4-5-9-21(18)22/h4-5,7,9,11-12,14,16,22H,6,8,10,13,15H2,1-3H3,(H,25,29)/t16-,22+/m1/s1. The number of carbonyl (C=O) groups is 2. The van der Waals surface area contributed by atoms with Crippen molar-refractivity contribution in [1.29, 1.82) is 0 Å². The number of sulfonamides is 1. The molecule has 0 fully saturated rings. The van der Waals surface area contributed by atoms with Crippen molar-refractivity contribution < 1.29 is 18.0 Å². The average Bonchev–Trinajstić information content (AvgIpc) is 3.09. The molecule has 8 heteroatoms. The van der Waals surface area contributed by atoms with Gasteiger partial charge >= 0.3 is 0 Å². The second kappa shape index (κ2) is 8.67. The number of nitrogens with zero attached hydrogens (tertiary/aromatic N) is 2. The van der Waals surface area contributed by atoms with E-state index in [0.29, 0.717) is 6.42 Å². The Morgan fingerprint density at radius 3 is 2.66 bits per heavy atom. The molecule has 7 nitrogen and oxygen atoms in total. The molecule has 0 unspecified atom stereocenters. The molecule has 1 heterocycles. The number of rotatable bonds is 5. The molecule has 2 atom stereocenters. The maximum absolute atomic E-state index is 13.1. The summed E-state index contributed by atoms with van der Waals surface area (Å²) in [7, 11) is -2.42. The minimum atomic E-state index is -3.84. The lowest BCUT2D eigenvalue weighted by Gasteiger charge is -2.27. The second-order valence-corrected chi connectivity index (χ2v) is 10.7. The van der Waals surface area contributed by atoms with Gasteiger partial charge in [0.1, 0.15) is 0 Å². The first kappa shape index (κ1) is 22.5. The van der Waals surface area contributed by atoms with E-state index in [4.69, 9.17) is 0 Å². The zero-order chi connectivity index (χ0) is 23.0. The molecule has 0 saturated heterocycles. The van der Waals surface area contributed by atoms with Gasteiger partial charge in [0.25, 0.3) is 0 Å². The Bertz CT molecular complexity index is 1160. The highest BCUT2D eigenvalue weighted by Crippen LogP contribution is 2.34. The van der Waals surface area contributed by atoms with Crippen LogP contribution in [-0.2, 0) is 32.5 Å². The fraction of sp³-hybridized carbons (Fsp3) is 0.417. The van der Waals surface area contributed by atoms with E-state index >= 15 is 0 Å². The fourth-order valence-corrected chi connectivity index (χ4v) is 6.04. The number of nitrogens with one attached hydrogen (secondary N) is 1. The lowest BCUT2D eigenvalue weighted by Crippen LogP contribution is -2.40. The molecule has 0 aromatic heterocycles. The van der Waals surface area contributed by atoms with Crippen LogP contribution in [0.15, 0.2) is 47.4 Å². The van der Waals surface area contributed by atoms with Crippen molar-refractivity contribution in [3.8, 4) is 0 Å². The van der Waals surface area contributed by atoms with Crippen molar-refractivity contribution in [2.75, 3.05) is 18.5 Å². The fourth-order valence-electron chi connectivity index (χ4n) is 4.86. The van der Waals surface area contributed by atoms with Gasteiger partial charge < -0.3 is 10.2 Å². The van der Waals surface area contributed by atoms with Crippen molar-refractivity contribution in [3.63, 3.8) is 0 Å². The first-order valence-electron chi connectivity index (χ1n) is 10.9. The van der Waals surface area contributed by atoms with Crippen LogP contribution in [0.3, 0.4) is 0 Å². The van der Waals surface area contributed by atoms with Crippen molar-refractivity contribution in [1.82, 2.24) is 9.62 Å². The largest absolute Gasteiger partial charge is 0.348 e. The maximum atomic E-state index is 13.1. The molecule has 2 aliphatic rings. The number of fused-ring (bicyclic) bond motifs is 2. The summed E-state index contributed by atoms with van der Waals surface area (Å²) in [6.45, 7) is 3.19. The third-order valence-electron chi connectivity index (χ3n) is 6.38. The van der Waals surface area contributed by atoms with Crippen LogP contribution in [0, 0.1) is 0 Å². The summed E-state index contributed by atoms with van der Waals surface area (Å²) in [6, 6.07) is 12.8. The molecule has 32 heavy (non-hydrogen) atoms. The minimum Gasteiger partial charge on any atom is -0.348 e. The first-order chi connectivity index (χ1) is 15.2. The summed E-state index contributed by atoms with van der Waals surface area (Å²) in [5, 5.41) is 3.01. The predicted molar refractivity (Wildman–Crippen MR) is 123 cm³/mol. The van der Waals surface area contributed by atoms with Crippen LogP contribution in [0.4, 0.5) is 5.69 Å². The summed E-state index contributed by atoms with van der Waals surface area (Å²) < 4.78 is 27.3. The summed E-state index contributed by atoms with van der Waals surface area (Å²) in [5.74, 6) is -0.389. The summed E-state index contributed by atoms with van der Waals surface area (Å²) in [5.41, 5.74) is 3.92. The van der Waals surface area contributed by atoms with Crippen LogP contribution in [0.5, 0.6) is 0 Å². The number of anilines is 1. The molecule has 0 bridgehead atoms. The quantitative estimate of drug-likeness (QED) is 0.751. The number of aryl methyl sites for hydroxylation is 1. The van der Waals surface area contributed by atoms with Crippen LogP contribution < -0.4 is 10.2 Å². The van der Waals surface area contributed by atoms with Gasteiger partial charge in [0.2, 0.25) is 21.8 Å². The molecule has 4 rings (SSSR count). The number of hydrogen-bond acceptors (Lipinski definition) is 4. The summed E-state index contributed by atoms with van der Waals surface area (Å²) in [6.07, 6.45) is 3.42. The lowest BCUT2D eigenvalue weighted by molar-refractivity contribution is -0.122. The zero-order valence-corrected chi connectivity index (χ0v) is 19.5. The van der Waals surface area contributed by atoms with Crippen LogP contribution in [-0.4, -0.2) is 44.2 Å². The molecule has 0 radical (unpaired) electrons. The van der Waals surface area contributed by atoms with E-state index in [1.165, 1.54) is 25.6 Å². The van der Waals surface area contributed by atoms with Crippen LogP contribution in [0.1, 0.15) is 49.4 Å². The van der Waals surface area contributed by atoms with E-state index in [0.717, 1.165) is 40.4 Å². The van der Waals surface area contributed by atoms with Gasteiger partial charge in [-0.25, -0.2) is 8.42 Å². The predicted octanol–water partition coefficient (Wildman–Crippen LogP) is 2.80. The van der Waals surface area contributed by atoms with E-state index in [1.54, 1.807) is 17.0 Å². The van der Waals surface area contributed by atoms with Gasteiger partial charge in [-0.1, -0.05) is 24.3 Å². The van der Waals surface area contributed by atoms with E-state index in [-0.39, 0.29) is 35.3 Å². The van der Waals surface area contributed by atoms with Gasteiger partial charge in [0, 0.05) is 25.7 Å². The second-order valence-electron chi connectivity index (χ2n) is 8.70. The van der Waals surface area contributed by atoms with E-state index in [9.17, 15) is 18.0 Å². The monoisotopic (exact) mass is 455 g/mol. The number of carbonyl (C=O) groups excluding carboxylic acids is 2. The highest BCUT2D eigenvalue weighted by Gasteiger charge is 2.32. The van der Waals surface area contributed by atoms with Gasteiger partial charge in [-0.05, 0) is 67.5 Å². The van der Waals surface area contributed by atoms with Crippen LogP contribution >= 0.6 is 0 Å². The molecule has 1 aliphatic carbocycles. The molecule has 2 aromatic rings. The van der Waals surface area contributed by atoms with Gasteiger partial charge in [0.15, 0.2) is 0 Å². The van der Waals surface area contributed by atoms with E-state index < -0.39 is 10.0 Å². The van der Waals surface area contributed by atoms with Gasteiger partial charge in [-0.15, -0.1) is 0 Å². The Hall–Kier alpha value is -2.71. The zero-order valence-electron chi connectivity index (χ0n) is 18.7. The molecule has 0 saturated carbocycles. The average molecular weight is 456 g/mol. The maximum Gasteiger partial charge on any atom is 0.243 e. The molecule has 170 valence electrons.